The molecule has 1 fully saturated rings. The number of urea groups is 1. The van der Waals surface area contributed by atoms with Gasteiger partial charge in [-0.25, -0.2) is 9.69 Å². The summed E-state index contributed by atoms with van der Waals surface area (Å²) in [7, 11) is 0. The van der Waals surface area contributed by atoms with Crippen molar-refractivity contribution in [3.8, 4) is 11.5 Å². The molecule has 0 atom stereocenters. The van der Waals surface area contributed by atoms with Gasteiger partial charge in [0.25, 0.3) is 5.91 Å². The Labute approximate surface area is 174 Å². The molecule has 30 heavy (non-hydrogen) atoms. The molecule has 0 aromatic heterocycles. The van der Waals surface area contributed by atoms with Gasteiger partial charge < -0.3 is 20.5 Å². The van der Waals surface area contributed by atoms with Crippen molar-refractivity contribution in [3.05, 3.63) is 59.3 Å². The van der Waals surface area contributed by atoms with E-state index in [9.17, 15) is 19.5 Å². The number of anilines is 1. The van der Waals surface area contributed by atoms with E-state index < -0.39 is 24.4 Å². The summed E-state index contributed by atoms with van der Waals surface area (Å²) in [6.07, 6.45) is 2.20. The minimum atomic E-state index is -0.672. The van der Waals surface area contributed by atoms with E-state index >= 15 is 0 Å². The summed E-state index contributed by atoms with van der Waals surface area (Å²) in [6.45, 7) is 3.72. The van der Waals surface area contributed by atoms with E-state index in [4.69, 9.17) is 4.74 Å². The van der Waals surface area contributed by atoms with Crippen LogP contribution in [0.2, 0.25) is 0 Å². The predicted molar refractivity (Wildman–Crippen MR) is 112 cm³/mol. The fourth-order valence-electron chi connectivity index (χ4n) is 3.06. The second-order valence-electron chi connectivity index (χ2n) is 6.60. The van der Waals surface area contributed by atoms with Gasteiger partial charge in [-0.3, -0.25) is 9.59 Å². The molecule has 2 aromatic carbocycles. The van der Waals surface area contributed by atoms with Crippen LogP contribution in [-0.2, 0) is 16.0 Å². The van der Waals surface area contributed by atoms with Crippen LogP contribution in [0.4, 0.5) is 10.5 Å². The van der Waals surface area contributed by atoms with E-state index in [-0.39, 0.29) is 17.2 Å². The monoisotopic (exact) mass is 409 g/mol. The maximum absolute atomic E-state index is 12.6. The largest absolute Gasteiger partial charge is 0.504 e. The number of hydrogen-bond acceptors (Lipinski definition) is 5. The number of phenols is 1. The first kappa shape index (κ1) is 20.9. The number of rotatable bonds is 7. The molecular weight excluding hydrogens is 386 g/mol. The van der Waals surface area contributed by atoms with Crippen LogP contribution in [0.3, 0.4) is 0 Å². The molecule has 0 bridgehead atoms. The topological polar surface area (TPSA) is 108 Å². The van der Waals surface area contributed by atoms with Gasteiger partial charge in [-0.05, 0) is 48.7 Å². The van der Waals surface area contributed by atoms with Gasteiger partial charge in [0.1, 0.15) is 12.2 Å². The smallest absolute Gasteiger partial charge is 0.329 e. The minimum Gasteiger partial charge on any atom is -0.504 e. The number of carbonyl (C=O) groups is 3. The van der Waals surface area contributed by atoms with Crippen LogP contribution >= 0.6 is 0 Å². The van der Waals surface area contributed by atoms with Crippen molar-refractivity contribution in [2.24, 2.45) is 0 Å². The number of amides is 4. The zero-order valence-electron chi connectivity index (χ0n) is 16.8. The lowest BCUT2D eigenvalue weighted by atomic mass is 10.1. The zero-order chi connectivity index (χ0) is 21.7. The molecule has 3 rings (SSSR count). The number of aryl methyl sites for hydroxylation is 1. The average Bonchev–Trinajstić information content (AvgIpc) is 2.98. The Bertz CT molecular complexity index is 1020. The number of nitrogens with zero attached hydrogens (tertiary/aromatic N) is 1. The standard InChI is InChI=1S/C22H23N3O5/c1-3-15-7-5-6-8-16(15)23-20(27)13-25-21(28)17(24-22(25)29)11-14-9-10-18(26)19(12-14)30-4-2/h5-12,26H,3-4,13H2,1-2H3,(H,23,27)(H,24,29)/b17-11+. The van der Waals surface area contributed by atoms with Crippen molar-refractivity contribution < 1.29 is 24.2 Å². The molecule has 8 heteroatoms. The average molecular weight is 409 g/mol. The van der Waals surface area contributed by atoms with Gasteiger partial charge in [0.2, 0.25) is 5.91 Å². The maximum atomic E-state index is 12.6. The van der Waals surface area contributed by atoms with Crippen LogP contribution in [0.1, 0.15) is 25.0 Å². The molecule has 1 aliphatic heterocycles. The maximum Gasteiger partial charge on any atom is 0.329 e. The Hall–Kier alpha value is -3.81. The Balaban J connectivity index is 1.72. The number of phenolic OH excluding ortho intramolecular Hbond substituents is 1. The van der Waals surface area contributed by atoms with Gasteiger partial charge in [0.15, 0.2) is 11.5 Å². The van der Waals surface area contributed by atoms with E-state index in [1.807, 2.05) is 19.1 Å². The second-order valence-corrected chi connectivity index (χ2v) is 6.60. The van der Waals surface area contributed by atoms with Crippen molar-refractivity contribution in [2.45, 2.75) is 20.3 Å². The van der Waals surface area contributed by atoms with Crippen molar-refractivity contribution in [2.75, 3.05) is 18.5 Å². The highest BCUT2D eigenvalue weighted by Gasteiger charge is 2.35. The number of benzene rings is 2. The first-order chi connectivity index (χ1) is 14.4. The first-order valence-corrected chi connectivity index (χ1v) is 9.61. The molecule has 4 amide bonds. The highest BCUT2D eigenvalue weighted by atomic mass is 16.5. The van der Waals surface area contributed by atoms with Crippen LogP contribution in [0, 0.1) is 0 Å². The van der Waals surface area contributed by atoms with E-state index in [2.05, 4.69) is 10.6 Å². The summed E-state index contributed by atoms with van der Waals surface area (Å²) in [6, 6.07) is 11.3. The van der Waals surface area contributed by atoms with Crippen LogP contribution in [0.25, 0.3) is 6.08 Å². The third kappa shape index (κ3) is 4.60. The molecular formula is C22H23N3O5. The molecule has 156 valence electrons. The number of aromatic hydroxyl groups is 1. The summed E-state index contributed by atoms with van der Waals surface area (Å²) in [5.74, 6) is -0.824. The molecule has 0 unspecified atom stereocenters. The number of ether oxygens (including phenoxy) is 1. The number of carbonyl (C=O) groups excluding carboxylic acids is 3. The number of imide groups is 1. The molecule has 0 radical (unpaired) electrons. The quantitative estimate of drug-likeness (QED) is 0.481. The number of nitrogens with one attached hydrogen (secondary N) is 2. The molecule has 3 N–H and O–H groups in total. The fourth-order valence-corrected chi connectivity index (χ4v) is 3.06. The lowest BCUT2D eigenvalue weighted by Crippen LogP contribution is -2.38. The summed E-state index contributed by atoms with van der Waals surface area (Å²) in [4.78, 5) is 38.1. The molecule has 1 saturated heterocycles. The SMILES string of the molecule is CCOc1cc(/C=C2/NC(=O)N(CC(=O)Nc3ccccc3CC)C2=O)ccc1O. The number of hydrogen-bond donors (Lipinski definition) is 3. The van der Waals surface area contributed by atoms with E-state index in [1.54, 1.807) is 31.2 Å². The van der Waals surface area contributed by atoms with Crippen LogP contribution < -0.4 is 15.4 Å². The molecule has 0 saturated carbocycles. The van der Waals surface area contributed by atoms with Gasteiger partial charge in [0.05, 0.1) is 6.61 Å². The fraction of sp³-hybridized carbons (Fsp3) is 0.227. The minimum absolute atomic E-state index is 0.0218. The van der Waals surface area contributed by atoms with Gasteiger partial charge in [-0.1, -0.05) is 31.2 Å². The Kier molecular flexibility index (Phi) is 6.36. The van der Waals surface area contributed by atoms with E-state index in [0.717, 1.165) is 16.9 Å². The Morgan fingerprint density at radius 2 is 1.97 bits per heavy atom. The molecule has 8 nitrogen and oxygen atoms in total. The van der Waals surface area contributed by atoms with Gasteiger partial charge in [-0.15, -0.1) is 0 Å². The Morgan fingerprint density at radius 3 is 2.70 bits per heavy atom. The van der Waals surface area contributed by atoms with Crippen molar-refractivity contribution in [3.63, 3.8) is 0 Å². The second kappa shape index (κ2) is 9.13. The predicted octanol–water partition coefficient (Wildman–Crippen LogP) is 2.88. The van der Waals surface area contributed by atoms with Gasteiger partial charge in [-0.2, -0.15) is 0 Å². The van der Waals surface area contributed by atoms with E-state index in [1.165, 1.54) is 12.1 Å². The van der Waals surface area contributed by atoms with E-state index in [0.29, 0.717) is 17.9 Å². The highest BCUT2D eigenvalue weighted by molar-refractivity contribution is 6.16. The van der Waals surface area contributed by atoms with Crippen LogP contribution in [0.15, 0.2) is 48.2 Å². The first-order valence-electron chi connectivity index (χ1n) is 9.61. The lowest BCUT2D eigenvalue weighted by Gasteiger charge is -2.13. The molecule has 1 aliphatic rings. The zero-order valence-corrected chi connectivity index (χ0v) is 16.8. The highest BCUT2D eigenvalue weighted by Crippen LogP contribution is 2.28. The van der Waals surface area contributed by atoms with Crippen molar-refractivity contribution in [1.82, 2.24) is 10.2 Å². The summed E-state index contributed by atoms with van der Waals surface area (Å²) in [5.41, 5.74) is 2.21. The third-order valence-corrected chi connectivity index (χ3v) is 4.53. The van der Waals surface area contributed by atoms with Crippen LogP contribution in [0.5, 0.6) is 11.5 Å². The normalized spacial score (nSPS) is 14.7. The molecule has 0 aliphatic carbocycles. The third-order valence-electron chi connectivity index (χ3n) is 4.53. The van der Waals surface area contributed by atoms with Crippen molar-refractivity contribution in [1.29, 1.82) is 0 Å². The number of para-hydroxylation sites is 1. The van der Waals surface area contributed by atoms with Crippen molar-refractivity contribution >= 4 is 29.6 Å². The summed E-state index contributed by atoms with van der Waals surface area (Å²) in [5, 5.41) is 15.0. The Morgan fingerprint density at radius 1 is 1.20 bits per heavy atom. The summed E-state index contributed by atoms with van der Waals surface area (Å²) >= 11 is 0. The molecule has 0 spiro atoms. The molecule has 2 aromatic rings. The molecule has 1 heterocycles. The van der Waals surface area contributed by atoms with Gasteiger partial charge in [0, 0.05) is 5.69 Å². The van der Waals surface area contributed by atoms with Crippen LogP contribution in [-0.4, -0.2) is 41.0 Å². The summed E-state index contributed by atoms with van der Waals surface area (Å²) < 4.78 is 5.32. The lowest BCUT2D eigenvalue weighted by molar-refractivity contribution is -0.127. The van der Waals surface area contributed by atoms with Gasteiger partial charge >= 0.3 is 6.03 Å².